The molecular weight excluding hydrogens is 268 g/mol. The van der Waals surface area contributed by atoms with Crippen LogP contribution in [0.25, 0.3) is 33.1 Å². The first-order valence-corrected chi connectivity index (χ1v) is 6.87. The minimum absolute atomic E-state index is 0.692. The lowest BCUT2D eigenvalue weighted by atomic mass is 10.00. The summed E-state index contributed by atoms with van der Waals surface area (Å²) in [5, 5.41) is 2.94. The Hall–Kier alpha value is -2.25. The number of benzene rings is 3. The first-order valence-electron chi connectivity index (χ1n) is 6.49. The molecule has 0 aliphatic rings. The second kappa shape index (κ2) is 4.39. The predicted octanol–water partition coefficient (Wildman–Crippen LogP) is 5.91. The Balaban J connectivity index is 2.14. The van der Waals surface area contributed by atoms with Gasteiger partial charge in [-0.1, -0.05) is 54.1 Å². The molecule has 0 saturated carbocycles. The van der Waals surface area contributed by atoms with Crippen LogP contribution in [-0.4, -0.2) is 0 Å². The lowest BCUT2D eigenvalue weighted by Gasteiger charge is -2.03. The number of hydrogen-bond donors (Lipinski definition) is 0. The first-order chi connectivity index (χ1) is 9.83. The van der Waals surface area contributed by atoms with E-state index >= 15 is 0 Å². The Morgan fingerprint density at radius 1 is 0.750 bits per heavy atom. The van der Waals surface area contributed by atoms with Crippen LogP contribution in [0.1, 0.15) is 0 Å². The molecule has 4 aromatic rings. The standard InChI is InChI=1S/C18H11ClO/c19-13-9-10-15-17(11-13)20-16-8-4-7-14(18(15)16)12-5-2-1-3-6-12/h1-11H. The summed E-state index contributed by atoms with van der Waals surface area (Å²) in [6.07, 6.45) is 0. The highest BCUT2D eigenvalue weighted by Crippen LogP contribution is 2.37. The number of halogens is 1. The third-order valence-corrected chi connectivity index (χ3v) is 3.78. The highest BCUT2D eigenvalue weighted by atomic mass is 35.5. The van der Waals surface area contributed by atoms with Gasteiger partial charge in [0.2, 0.25) is 0 Å². The lowest BCUT2D eigenvalue weighted by molar-refractivity contribution is 0.669. The van der Waals surface area contributed by atoms with E-state index in [1.54, 1.807) is 0 Å². The van der Waals surface area contributed by atoms with Crippen LogP contribution in [0.15, 0.2) is 71.1 Å². The molecule has 4 rings (SSSR count). The fourth-order valence-corrected chi connectivity index (χ4v) is 2.82. The maximum Gasteiger partial charge on any atom is 0.136 e. The van der Waals surface area contributed by atoms with Gasteiger partial charge in [-0.2, -0.15) is 0 Å². The zero-order chi connectivity index (χ0) is 13.5. The second-order valence-corrected chi connectivity index (χ2v) is 5.22. The summed E-state index contributed by atoms with van der Waals surface area (Å²) < 4.78 is 5.91. The highest BCUT2D eigenvalue weighted by Gasteiger charge is 2.12. The van der Waals surface area contributed by atoms with Crippen molar-refractivity contribution in [3.05, 3.63) is 71.8 Å². The number of hydrogen-bond acceptors (Lipinski definition) is 1. The number of furan rings is 1. The molecule has 1 heterocycles. The van der Waals surface area contributed by atoms with E-state index in [1.165, 1.54) is 11.1 Å². The molecule has 1 nitrogen and oxygen atoms in total. The van der Waals surface area contributed by atoms with Crippen molar-refractivity contribution >= 4 is 33.5 Å². The van der Waals surface area contributed by atoms with Gasteiger partial charge in [-0.25, -0.2) is 0 Å². The van der Waals surface area contributed by atoms with E-state index in [9.17, 15) is 0 Å². The highest BCUT2D eigenvalue weighted by molar-refractivity contribution is 6.31. The number of rotatable bonds is 1. The van der Waals surface area contributed by atoms with Crippen molar-refractivity contribution in [1.29, 1.82) is 0 Å². The molecule has 0 fully saturated rings. The third-order valence-electron chi connectivity index (χ3n) is 3.54. The van der Waals surface area contributed by atoms with Crippen molar-refractivity contribution < 1.29 is 4.42 Å². The van der Waals surface area contributed by atoms with Gasteiger partial charge >= 0.3 is 0 Å². The minimum atomic E-state index is 0.692. The van der Waals surface area contributed by atoms with Gasteiger partial charge in [0.15, 0.2) is 0 Å². The van der Waals surface area contributed by atoms with E-state index in [-0.39, 0.29) is 0 Å². The summed E-state index contributed by atoms with van der Waals surface area (Å²) in [7, 11) is 0. The van der Waals surface area contributed by atoms with Crippen molar-refractivity contribution in [2.24, 2.45) is 0 Å². The van der Waals surface area contributed by atoms with Crippen LogP contribution < -0.4 is 0 Å². The van der Waals surface area contributed by atoms with Crippen LogP contribution in [-0.2, 0) is 0 Å². The van der Waals surface area contributed by atoms with E-state index < -0.39 is 0 Å². The Bertz CT molecular complexity index is 907. The van der Waals surface area contributed by atoms with Gasteiger partial charge in [0, 0.05) is 21.9 Å². The summed E-state index contributed by atoms with van der Waals surface area (Å²) in [5.41, 5.74) is 4.10. The van der Waals surface area contributed by atoms with Gasteiger partial charge in [0.25, 0.3) is 0 Å². The largest absolute Gasteiger partial charge is 0.456 e. The topological polar surface area (TPSA) is 13.1 Å². The SMILES string of the molecule is Clc1ccc2c(c1)oc1cccc(-c3ccccc3)c12. The molecule has 1 aromatic heterocycles. The molecule has 0 aliphatic carbocycles. The van der Waals surface area contributed by atoms with Crippen LogP contribution in [0.2, 0.25) is 5.02 Å². The Morgan fingerprint density at radius 3 is 2.45 bits per heavy atom. The summed E-state index contributed by atoms with van der Waals surface area (Å²) in [6.45, 7) is 0. The van der Waals surface area contributed by atoms with Gasteiger partial charge in [-0.05, 0) is 29.3 Å². The third kappa shape index (κ3) is 1.71. The van der Waals surface area contributed by atoms with Crippen molar-refractivity contribution in [3.63, 3.8) is 0 Å². The summed E-state index contributed by atoms with van der Waals surface area (Å²) >= 11 is 6.04. The van der Waals surface area contributed by atoms with Crippen LogP contribution in [0, 0.1) is 0 Å². The predicted molar refractivity (Wildman–Crippen MR) is 84.2 cm³/mol. The molecular formula is C18H11ClO. The second-order valence-electron chi connectivity index (χ2n) is 4.79. The minimum Gasteiger partial charge on any atom is -0.456 e. The molecule has 0 saturated heterocycles. The fraction of sp³-hybridized carbons (Fsp3) is 0. The maximum absolute atomic E-state index is 6.04. The van der Waals surface area contributed by atoms with Crippen molar-refractivity contribution in [2.75, 3.05) is 0 Å². The van der Waals surface area contributed by atoms with Crippen LogP contribution >= 0.6 is 11.6 Å². The van der Waals surface area contributed by atoms with E-state index in [2.05, 4.69) is 18.2 Å². The fourth-order valence-electron chi connectivity index (χ4n) is 2.66. The van der Waals surface area contributed by atoms with Crippen LogP contribution in [0.3, 0.4) is 0 Å². The average molecular weight is 279 g/mol. The van der Waals surface area contributed by atoms with Gasteiger partial charge in [-0.3, -0.25) is 0 Å². The molecule has 2 heteroatoms. The van der Waals surface area contributed by atoms with Crippen molar-refractivity contribution in [2.45, 2.75) is 0 Å². The monoisotopic (exact) mass is 278 g/mol. The van der Waals surface area contributed by atoms with Gasteiger partial charge in [0.1, 0.15) is 11.2 Å². The zero-order valence-corrected chi connectivity index (χ0v) is 11.4. The van der Waals surface area contributed by atoms with Gasteiger partial charge < -0.3 is 4.42 Å². The van der Waals surface area contributed by atoms with Crippen molar-refractivity contribution in [1.82, 2.24) is 0 Å². The summed E-state index contributed by atoms with van der Waals surface area (Å²) in [6, 6.07) is 22.3. The molecule has 0 N–H and O–H groups in total. The number of fused-ring (bicyclic) bond motifs is 3. The molecule has 0 radical (unpaired) electrons. The zero-order valence-electron chi connectivity index (χ0n) is 10.6. The molecule has 0 spiro atoms. The molecule has 0 amide bonds. The van der Waals surface area contributed by atoms with Gasteiger partial charge in [-0.15, -0.1) is 0 Å². The maximum atomic E-state index is 6.04. The smallest absolute Gasteiger partial charge is 0.136 e. The first kappa shape index (κ1) is 11.6. The molecule has 0 unspecified atom stereocenters. The van der Waals surface area contributed by atoms with Crippen LogP contribution in [0.4, 0.5) is 0 Å². The van der Waals surface area contributed by atoms with Crippen LogP contribution in [0.5, 0.6) is 0 Å². The quantitative estimate of drug-likeness (QED) is 0.422. The molecule has 0 bridgehead atoms. The molecule has 20 heavy (non-hydrogen) atoms. The van der Waals surface area contributed by atoms with Gasteiger partial charge in [0.05, 0.1) is 0 Å². The van der Waals surface area contributed by atoms with E-state index in [0.717, 1.165) is 21.9 Å². The average Bonchev–Trinajstić information content (AvgIpc) is 2.85. The Kier molecular flexibility index (Phi) is 2.54. The van der Waals surface area contributed by atoms with E-state index in [1.807, 2.05) is 48.5 Å². The summed E-state index contributed by atoms with van der Waals surface area (Å²) in [4.78, 5) is 0. The summed E-state index contributed by atoms with van der Waals surface area (Å²) in [5.74, 6) is 0. The van der Waals surface area contributed by atoms with Crippen molar-refractivity contribution in [3.8, 4) is 11.1 Å². The molecule has 96 valence electrons. The van der Waals surface area contributed by atoms with E-state index in [0.29, 0.717) is 5.02 Å². The molecule has 0 aliphatic heterocycles. The van der Waals surface area contributed by atoms with E-state index in [4.69, 9.17) is 16.0 Å². The molecule has 3 aromatic carbocycles. The Morgan fingerprint density at radius 2 is 1.60 bits per heavy atom. The molecule has 0 atom stereocenters. The normalized spacial score (nSPS) is 11.2. The lowest BCUT2D eigenvalue weighted by Crippen LogP contribution is -1.78. The Labute approximate surface area is 121 Å².